The number of rotatable bonds is 2. The average Bonchev–Trinajstić information content (AvgIpc) is 3.26. The summed E-state index contributed by atoms with van der Waals surface area (Å²) in [6.45, 7) is 2.04. The van der Waals surface area contributed by atoms with Crippen molar-refractivity contribution in [3.8, 4) is 22.8 Å². The molecule has 3 aromatic heterocycles. The minimum absolute atomic E-state index is 0.211. The van der Waals surface area contributed by atoms with Gasteiger partial charge in [-0.2, -0.15) is 5.10 Å². The molecule has 1 N–H and O–H groups in total. The van der Waals surface area contributed by atoms with Gasteiger partial charge < -0.3 is 5.11 Å². The van der Waals surface area contributed by atoms with E-state index in [-0.39, 0.29) is 5.75 Å². The van der Waals surface area contributed by atoms with Crippen molar-refractivity contribution < 1.29 is 5.11 Å². The van der Waals surface area contributed by atoms with Crippen LogP contribution in [0.2, 0.25) is 0 Å². The molecule has 5 rings (SSSR count). The lowest BCUT2D eigenvalue weighted by Crippen LogP contribution is -1.99. The van der Waals surface area contributed by atoms with E-state index in [1.54, 1.807) is 41.5 Å². The largest absolute Gasteiger partial charge is 0.508 e. The Hall–Kier alpha value is -3.74. The maximum absolute atomic E-state index is 9.47. The van der Waals surface area contributed by atoms with E-state index >= 15 is 0 Å². The molecule has 5 aromatic rings. The van der Waals surface area contributed by atoms with Gasteiger partial charge in [-0.05, 0) is 48.9 Å². The van der Waals surface area contributed by atoms with Crippen LogP contribution in [0.25, 0.3) is 33.8 Å². The normalized spacial score (nSPS) is 11.4. The Labute approximate surface area is 148 Å². The minimum Gasteiger partial charge on any atom is -0.508 e. The summed E-state index contributed by atoms with van der Waals surface area (Å²) in [5.41, 5.74) is 4.38. The predicted octanol–water partition coefficient (Wildman–Crippen LogP) is 3.14. The van der Waals surface area contributed by atoms with Crippen molar-refractivity contribution in [3.63, 3.8) is 0 Å². The monoisotopic (exact) mass is 342 g/mol. The molecule has 0 aliphatic carbocycles. The molecule has 7 nitrogen and oxygen atoms in total. The molecule has 0 atom stereocenters. The van der Waals surface area contributed by atoms with Gasteiger partial charge in [0, 0.05) is 5.56 Å². The maximum atomic E-state index is 9.47. The Kier molecular flexibility index (Phi) is 3.02. The highest BCUT2D eigenvalue weighted by molar-refractivity contribution is 5.90. The van der Waals surface area contributed by atoms with Crippen molar-refractivity contribution in [1.29, 1.82) is 0 Å². The molecule has 26 heavy (non-hydrogen) atoms. The second kappa shape index (κ2) is 5.38. The van der Waals surface area contributed by atoms with Gasteiger partial charge in [-0.15, -0.1) is 10.2 Å². The number of benzene rings is 2. The third-order valence-electron chi connectivity index (χ3n) is 4.35. The van der Waals surface area contributed by atoms with Crippen molar-refractivity contribution in [2.45, 2.75) is 6.92 Å². The molecule has 3 heterocycles. The highest BCUT2D eigenvalue weighted by Crippen LogP contribution is 2.25. The van der Waals surface area contributed by atoms with E-state index in [4.69, 9.17) is 0 Å². The van der Waals surface area contributed by atoms with Gasteiger partial charge in [0.05, 0.1) is 17.3 Å². The number of hydrogen-bond donors (Lipinski definition) is 1. The van der Waals surface area contributed by atoms with Gasteiger partial charge in [-0.1, -0.05) is 12.1 Å². The summed E-state index contributed by atoms with van der Waals surface area (Å²) >= 11 is 0. The number of aryl methyl sites for hydroxylation is 1. The van der Waals surface area contributed by atoms with Crippen LogP contribution < -0.4 is 0 Å². The fourth-order valence-electron chi connectivity index (χ4n) is 3.08. The predicted molar refractivity (Wildman–Crippen MR) is 97.2 cm³/mol. The second-order valence-corrected chi connectivity index (χ2v) is 6.14. The summed E-state index contributed by atoms with van der Waals surface area (Å²) < 4.78 is 3.63. The minimum atomic E-state index is 0.211. The van der Waals surface area contributed by atoms with Crippen LogP contribution >= 0.6 is 0 Å². The van der Waals surface area contributed by atoms with Crippen molar-refractivity contribution in [1.82, 2.24) is 29.4 Å². The summed E-state index contributed by atoms with van der Waals surface area (Å²) in [4.78, 5) is 4.59. The van der Waals surface area contributed by atoms with E-state index in [0.717, 1.165) is 27.8 Å². The quantitative estimate of drug-likeness (QED) is 0.533. The molecule has 0 aliphatic heterocycles. The molecule has 0 amide bonds. The first-order valence-corrected chi connectivity index (χ1v) is 8.14. The fourth-order valence-corrected chi connectivity index (χ4v) is 3.08. The zero-order chi connectivity index (χ0) is 17.7. The first kappa shape index (κ1) is 14.6. The van der Waals surface area contributed by atoms with E-state index in [9.17, 15) is 5.11 Å². The Balaban J connectivity index is 1.71. The number of phenols is 1. The summed E-state index contributed by atoms with van der Waals surface area (Å²) in [6.07, 6.45) is 3.46. The van der Waals surface area contributed by atoms with Crippen LogP contribution in [0.4, 0.5) is 0 Å². The number of hydrogen-bond acceptors (Lipinski definition) is 5. The van der Waals surface area contributed by atoms with E-state index in [2.05, 4.69) is 26.3 Å². The van der Waals surface area contributed by atoms with Crippen LogP contribution in [0, 0.1) is 6.92 Å². The first-order valence-electron chi connectivity index (χ1n) is 8.14. The van der Waals surface area contributed by atoms with Crippen LogP contribution in [-0.2, 0) is 0 Å². The number of nitrogens with zero attached hydrogens (tertiary/aromatic N) is 6. The molecule has 0 saturated heterocycles. The lowest BCUT2D eigenvalue weighted by atomic mass is 10.2. The van der Waals surface area contributed by atoms with E-state index in [1.807, 2.05) is 29.5 Å². The summed E-state index contributed by atoms with van der Waals surface area (Å²) in [6, 6.07) is 14.9. The lowest BCUT2D eigenvalue weighted by molar-refractivity contribution is 0.475. The fraction of sp³-hybridized carbons (Fsp3) is 0.0526. The zero-order valence-electron chi connectivity index (χ0n) is 13.9. The Morgan fingerprint density at radius 1 is 0.962 bits per heavy atom. The highest BCUT2D eigenvalue weighted by atomic mass is 16.3. The molecule has 0 spiro atoms. The van der Waals surface area contributed by atoms with Gasteiger partial charge in [0.1, 0.15) is 12.1 Å². The smallest absolute Gasteiger partial charge is 0.175 e. The highest BCUT2D eigenvalue weighted by Gasteiger charge is 2.15. The zero-order valence-corrected chi connectivity index (χ0v) is 13.9. The molecule has 126 valence electrons. The van der Waals surface area contributed by atoms with Crippen molar-refractivity contribution in [2.24, 2.45) is 0 Å². The van der Waals surface area contributed by atoms with Crippen molar-refractivity contribution in [2.75, 3.05) is 0 Å². The molecule has 2 aromatic carbocycles. The molecule has 0 saturated carbocycles. The van der Waals surface area contributed by atoms with Crippen LogP contribution in [0.5, 0.6) is 5.75 Å². The third-order valence-corrected chi connectivity index (χ3v) is 4.35. The van der Waals surface area contributed by atoms with Crippen molar-refractivity contribution in [3.05, 3.63) is 66.6 Å². The number of phenolic OH excluding ortho intramolecular Hbond substituents is 1. The summed E-state index contributed by atoms with van der Waals surface area (Å²) in [7, 11) is 0. The maximum Gasteiger partial charge on any atom is 0.175 e. The van der Waals surface area contributed by atoms with Gasteiger partial charge >= 0.3 is 0 Å². The van der Waals surface area contributed by atoms with Gasteiger partial charge in [-0.25, -0.2) is 9.67 Å². The first-order chi connectivity index (χ1) is 12.7. The van der Waals surface area contributed by atoms with Crippen LogP contribution in [0.3, 0.4) is 0 Å². The second-order valence-electron chi connectivity index (χ2n) is 6.14. The SMILES string of the molecule is Cc1cccc(-n2ncc3c2ncn2c(-c4ccc(O)cc4)nnc32)c1. The molecule has 0 bridgehead atoms. The molecular weight excluding hydrogens is 328 g/mol. The van der Waals surface area contributed by atoms with Crippen LogP contribution in [-0.4, -0.2) is 34.5 Å². The molecule has 0 fully saturated rings. The molecule has 0 radical (unpaired) electrons. The van der Waals surface area contributed by atoms with Gasteiger partial charge in [0.25, 0.3) is 0 Å². The number of aromatic hydroxyl groups is 1. The Bertz CT molecular complexity index is 1250. The molecular formula is C19H14N6O. The molecule has 0 unspecified atom stereocenters. The number of fused-ring (bicyclic) bond motifs is 3. The van der Waals surface area contributed by atoms with Gasteiger partial charge in [-0.3, -0.25) is 4.40 Å². The van der Waals surface area contributed by atoms with Gasteiger partial charge in [0.2, 0.25) is 0 Å². The lowest BCUT2D eigenvalue weighted by Gasteiger charge is -2.04. The molecule has 7 heteroatoms. The summed E-state index contributed by atoms with van der Waals surface area (Å²) in [5.74, 6) is 0.875. The van der Waals surface area contributed by atoms with E-state index in [0.29, 0.717) is 11.5 Å². The third kappa shape index (κ3) is 2.14. The van der Waals surface area contributed by atoms with Gasteiger partial charge in [0.15, 0.2) is 17.1 Å². The Morgan fingerprint density at radius 3 is 2.62 bits per heavy atom. The van der Waals surface area contributed by atoms with Crippen LogP contribution in [0.15, 0.2) is 61.1 Å². The molecule has 0 aliphatic rings. The Morgan fingerprint density at radius 2 is 1.81 bits per heavy atom. The van der Waals surface area contributed by atoms with Crippen LogP contribution in [0.1, 0.15) is 5.56 Å². The van der Waals surface area contributed by atoms with E-state index in [1.165, 1.54) is 0 Å². The van der Waals surface area contributed by atoms with E-state index < -0.39 is 0 Å². The number of aromatic nitrogens is 6. The topological polar surface area (TPSA) is 81.1 Å². The average molecular weight is 342 g/mol. The summed E-state index contributed by atoms with van der Waals surface area (Å²) in [5, 5.41) is 23.4. The van der Waals surface area contributed by atoms with Crippen molar-refractivity contribution >= 4 is 16.7 Å². The standard InChI is InChI=1S/C19H14N6O/c1-12-3-2-4-14(9-12)25-18-16(10-21-25)19-23-22-17(24(19)11-20-18)13-5-7-15(26)8-6-13/h2-11,26H,1H3.